The standard InChI is InChI=1S/C14H20IN3/c1-16-14-11(15)12(9-7-8-9)17-13(18-14)10-5-3-2-4-6-10/h9-10H,2-8H2,1H3,(H,16,17,18). The lowest BCUT2D eigenvalue weighted by Gasteiger charge is -2.22. The summed E-state index contributed by atoms with van der Waals surface area (Å²) < 4.78 is 1.23. The van der Waals surface area contributed by atoms with E-state index in [1.807, 2.05) is 7.05 Å². The van der Waals surface area contributed by atoms with Crippen molar-refractivity contribution >= 4 is 28.4 Å². The van der Waals surface area contributed by atoms with Crippen molar-refractivity contribution in [1.29, 1.82) is 0 Å². The minimum absolute atomic E-state index is 0.598. The van der Waals surface area contributed by atoms with Gasteiger partial charge in [0, 0.05) is 18.9 Å². The highest BCUT2D eigenvalue weighted by molar-refractivity contribution is 14.1. The summed E-state index contributed by atoms with van der Waals surface area (Å²) in [5, 5.41) is 3.24. The Labute approximate surface area is 122 Å². The molecule has 0 aromatic carbocycles. The average molecular weight is 357 g/mol. The summed E-state index contributed by atoms with van der Waals surface area (Å²) in [7, 11) is 1.96. The first kappa shape index (κ1) is 12.6. The summed E-state index contributed by atoms with van der Waals surface area (Å²) in [5.41, 5.74) is 1.30. The molecule has 1 N–H and O–H groups in total. The maximum atomic E-state index is 4.91. The average Bonchev–Trinajstić information content (AvgIpc) is 3.24. The third-order valence-electron chi connectivity index (χ3n) is 4.07. The molecule has 98 valence electrons. The van der Waals surface area contributed by atoms with Gasteiger partial charge >= 0.3 is 0 Å². The molecule has 0 saturated heterocycles. The van der Waals surface area contributed by atoms with E-state index in [0.29, 0.717) is 11.8 Å². The Bertz CT molecular complexity index is 437. The van der Waals surface area contributed by atoms with Gasteiger partial charge in [0.25, 0.3) is 0 Å². The molecule has 2 saturated carbocycles. The van der Waals surface area contributed by atoms with Crippen LogP contribution in [0, 0.1) is 3.57 Å². The molecule has 0 amide bonds. The second-order valence-corrected chi connectivity index (χ2v) is 6.57. The third-order valence-corrected chi connectivity index (χ3v) is 5.13. The van der Waals surface area contributed by atoms with Crippen molar-refractivity contribution < 1.29 is 0 Å². The van der Waals surface area contributed by atoms with Crippen LogP contribution < -0.4 is 5.32 Å². The van der Waals surface area contributed by atoms with E-state index in [1.54, 1.807) is 0 Å². The molecule has 0 bridgehead atoms. The Morgan fingerprint density at radius 1 is 1.00 bits per heavy atom. The number of halogens is 1. The Kier molecular flexibility index (Phi) is 3.73. The van der Waals surface area contributed by atoms with Crippen LogP contribution in [0.5, 0.6) is 0 Å². The quantitative estimate of drug-likeness (QED) is 0.830. The second kappa shape index (κ2) is 5.31. The van der Waals surface area contributed by atoms with E-state index in [0.717, 1.165) is 11.6 Å². The van der Waals surface area contributed by atoms with Gasteiger partial charge in [0.2, 0.25) is 0 Å². The summed E-state index contributed by atoms with van der Waals surface area (Å²) in [6, 6.07) is 0. The van der Waals surface area contributed by atoms with E-state index in [2.05, 4.69) is 27.9 Å². The van der Waals surface area contributed by atoms with Crippen molar-refractivity contribution in [3.63, 3.8) is 0 Å². The zero-order valence-corrected chi connectivity index (χ0v) is 13.0. The van der Waals surface area contributed by atoms with Crippen LogP contribution in [0.2, 0.25) is 0 Å². The van der Waals surface area contributed by atoms with Crippen molar-refractivity contribution in [2.45, 2.75) is 56.8 Å². The number of anilines is 1. The molecule has 0 unspecified atom stereocenters. The number of nitrogens with zero attached hydrogens (tertiary/aromatic N) is 2. The van der Waals surface area contributed by atoms with Crippen LogP contribution >= 0.6 is 22.6 Å². The van der Waals surface area contributed by atoms with Gasteiger partial charge in [0.1, 0.15) is 11.6 Å². The highest BCUT2D eigenvalue weighted by atomic mass is 127. The number of nitrogens with one attached hydrogen (secondary N) is 1. The number of hydrogen-bond donors (Lipinski definition) is 1. The van der Waals surface area contributed by atoms with Gasteiger partial charge in [0.15, 0.2) is 0 Å². The van der Waals surface area contributed by atoms with Crippen LogP contribution in [0.15, 0.2) is 0 Å². The van der Waals surface area contributed by atoms with E-state index >= 15 is 0 Å². The van der Waals surface area contributed by atoms with Crippen molar-refractivity contribution in [3.05, 3.63) is 15.1 Å². The number of aromatic nitrogens is 2. The molecule has 2 fully saturated rings. The van der Waals surface area contributed by atoms with E-state index < -0.39 is 0 Å². The summed E-state index contributed by atoms with van der Waals surface area (Å²) in [6.45, 7) is 0. The van der Waals surface area contributed by atoms with Gasteiger partial charge in [-0.05, 0) is 48.3 Å². The molecule has 3 rings (SSSR count). The lowest BCUT2D eigenvalue weighted by atomic mass is 9.88. The van der Waals surface area contributed by atoms with E-state index in [1.165, 1.54) is 54.2 Å². The first-order valence-electron chi connectivity index (χ1n) is 7.04. The molecule has 0 aliphatic heterocycles. The van der Waals surface area contributed by atoms with E-state index in [9.17, 15) is 0 Å². The predicted molar refractivity (Wildman–Crippen MR) is 82.1 cm³/mol. The fraction of sp³-hybridized carbons (Fsp3) is 0.714. The van der Waals surface area contributed by atoms with Crippen LogP contribution in [0.25, 0.3) is 0 Å². The maximum Gasteiger partial charge on any atom is 0.143 e. The molecule has 0 spiro atoms. The lowest BCUT2D eigenvalue weighted by Crippen LogP contribution is -2.13. The molecular formula is C14H20IN3. The molecule has 2 aliphatic rings. The second-order valence-electron chi connectivity index (χ2n) is 5.49. The fourth-order valence-corrected chi connectivity index (χ4v) is 3.77. The summed E-state index contributed by atoms with van der Waals surface area (Å²) in [4.78, 5) is 9.66. The van der Waals surface area contributed by atoms with Crippen LogP contribution in [0.4, 0.5) is 5.82 Å². The Morgan fingerprint density at radius 3 is 2.33 bits per heavy atom. The molecular weight excluding hydrogens is 337 g/mol. The Morgan fingerprint density at radius 2 is 1.72 bits per heavy atom. The molecule has 4 heteroatoms. The largest absolute Gasteiger partial charge is 0.372 e. The van der Waals surface area contributed by atoms with Crippen molar-refractivity contribution in [2.75, 3.05) is 12.4 Å². The van der Waals surface area contributed by atoms with Gasteiger partial charge in [0.05, 0.1) is 9.26 Å². The van der Waals surface area contributed by atoms with Crippen LogP contribution in [0.3, 0.4) is 0 Å². The minimum atomic E-state index is 0.598. The number of rotatable bonds is 3. The normalized spacial score (nSPS) is 21.0. The van der Waals surface area contributed by atoms with Gasteiger partial charge in [-0.15, -0.1) is 0 Å². The van der Waals surface area contributed by atoms with Gasteiger partial charge in [-0.25, -0.2) is 9.97 Å². The highest BCUT2D eigenvalue weighted by Crippen LogP contribution is 2.43. The molecule has 1 heterocycles. The van der Waals surface area contributed by atoms with Crippen molar-refractivity contribution in [1.82, 2.24) is 9.97 Å². The summed E-state index contributed by atoms with van der Waals surface area (Å²) >= 11 is 2.40. The SMILES string of the molecule is CNc1nc(C2CCCCC2)nc(C2CC2)c1I. The number of hydrogen-bond acceptors (Lipinski definition) is 3. The van der Waals surface area contributed by atoms with Crippen LogP contribution in [-0.4, -0.2) is 17.0 Å². The highest BCUT2D eigenvalue weighted by Gasteiger charge is 2.30. The molecule has 2 aliphatic carbocycles. The summed E-state index contributed by atoms with van der Waals surface area (Å²) in [5.74, 6) is 3.43. The predicted octanol–water partition coefficient (Wildman–Crippen LogP) is 4.05. The Balaban J connectivity index is 1.95. The van der Waals surface area contributed by atoms with Crippen LogP contribution in [-0.2, 0) is 0 Å². The molecule has 18 heavy (non-hydrogen) atoms. The van der Waals surface area contributed by atoms with E-state index in [4.69, 9.17) is 9.97 Å². The van der Waals surface area contributed by atoms with E-state index in [-0.39, 0.29) is 0 Å². The third kappa shape index (κ3) is 2.49. The van der Waals surface area contributed by atoms with Crippen LogP contribution in [0.1, 0.15) is 68.3 Å². The molecule has 1 aromatic heterocycles. The van der Waals surface area contributed by atoms with Crippen molar-refractivity contribution in [3.8, 4) is 0 Å². The van der Waals surface area contributed by atoms with Gasteiger partial charge in [-0.1, -0.05) is 19.3 Å². The van der Waals surface area contributed by atoms with Gasteiger partial charge < -0.3 is 5.32 Å². The van der Waals surface area contributed by atoms with Gasteiger partial charge in [-0.3, -0.25) is 0 Å². The Hall–Kier alpha value is -0.390. The zero-order chi connectivity index (χ0) is 12.5. The fourth-order valence-electron chi connectivity index (χ4n) is 2.82. The lowest BCUT2D eigenvalue weighted by molar-refractivity contribution is 0.427. The molecule has 3 nitrogen and oxygen atoms in total. The zero-order valence-electron chi connectivity index (χ0n) is 10.9. The first-order valence-corrected chi connectivity index (χ1v) is 8.12. The van der Waals surface area contributed by atoms with Gasteiger partial charge in [-0.2, -0.15) is 0 Å². The monoisotopic (exact) mass is 357 g/mol. The minimum Gasteiger partial charge on any atom is -0.372 e. The summed E-state index contributed by atoms with van der Waals surface area (Å²) in [6.07, 6.45) is 9.22. The molecule has 1 aromatic rings. The first-order chi connectivity index (χ1) is 8.79. The molecule has 0 atom stereocenters. The molecule has 0 radical (unpaired) electrons. The van der Waals surface area contributed by atoms with Crippen molar-refractivity contribution in [2.24, 2.45) is 0 Å². The topological polar surface area (TPSA) is 37.8 Å². The maximum absolute atomic E-state index is 4.91. The smallest absolute Gasteiger partial charge is 0.143 e.